The average Bonchev–Trinajstić information content (AvgIpc) is 2.91. The second kappa shape index (κ2) is 6.29. The van der Waals surface area contributed by atoms with Crippen molar-refractivity contribution in [2.45, 2.75) is 31.9 Å². The van der Waals surface area contributed by atoms with Crippen LogP contribution in [0.3, 0.4) is 0 Å². The van der Waals surface area contributed by atoms with Crippen LogP contribution in [-0.4, -0.2) is 26.4 Å². The van der Waals surface area contributed by atoms with Crippen molar-refractivity contribution < 1.29 is 13.9 Å². The summed E-state index contributed by atoms with van der Waals surface area (Å²) in [5, 5.41) is 4.49. The zero-order chi connectivity index (χ0) is 13.8. The lowest BCUT2D eigenvalue weighted by molar-refractivity contribution is 0.0166. The monoisotopic (exact) mass is 275 g/mol. The van der Waals surface area contributed by atoms with Crippen LogP contribution >= 0.6 is 0 Å². The van der Waals surface area contributed by atoms with Crippen LogP contribution in [0.4, 0.5) is 0 Å². The number of fused-ring (bicyclic) bond motifs is 1. The molecule has 4 heteroatoms. The number of ether oxygens (including phenoxy) is 2. The van der Waals surface area contributed by atoms with Crippen molar-refractivity contribution in [2.75, 3.05) is 20.3 Å². The molecule has 20 heavy (non-hydrogen) atoms. The standard InChI is InChI=1S/C16H21NO3/c1-18-15-7-4-5-12-9-14(20-16(12)15)11-17-10-13-6-2-3-8-19-13/h4-5,7,9,13,17H,2-3,6,8,10-11H2,1H3. The summed E-state index contributed by atoms with van der Waals surface area (Å²) >= 11 is 0. The van der Waals surface area contributed by atoms with Gasteiger partial charge in [-0.3, -0.25) is 0 Å². The van der Waals surface area contributed by atoms with Crippen LogP contribution in [0, 0.1) is 0 Å². The van der Waals surface area contributed by atoms with Crippen LogP contribution in [0.25, 0.3) is 11.0 Å². The fraction of sp³-hybridized carbons (Fsp3) is 0.500. The molecule has 1 atom stereocenters. The predicted octanol–water partition coefficient (Wildman–Crippen LogP) is 3.10. The Hall–Kier alpha value is -1.52. The summed E-state index contributed by atoms with van der Waals surface area (Å²) < 4.78 is 16.9. The van der Waals surface area contributed by atoms with E-state index in [1.807, 2.05) is 18.2 Å². The second-order valence-corrected chi connectivity index (χ2v) is 5.21. The molecule has 1 N–H and O–H groups in total. The molecule has 2 heterocycles. The third-order valence-electron chi connectivity index (χ3n) is 3.72. The van der Waals surface area contributed by atoms with E-state index in [0.717, 1.165) is 48.6 Å². The molecule has 0 spiro atoms. The minimum Gasteiger partial charge on any atom is -0.493 e. The molecule has 1 fully saturated rings. The summed E-state index contributed by atoms with van der Waals surface area (Å²) in [7, 11) is 1.66. The molecule has 3 rings (SSSR count). The van der Waals surface area contributed by atoms with E-state index in [1.54, 1.807) is 7.11 Å². The first-order valence-corrected chi connectivity index (χ1v) is 7.24. The van der Waals surface area contributed by atoms with Crippen LogP contribution in [0.2, 0.25) is 0 Å². The number of hydrogen-bond acceptors (Lipinski definition) is 4. The van der Waals surface area contributed by atoms with Gasteiger partial charge in [-0.1, -0.05) is 12.1 Å². The van der Waals surface area contributed by atoms with Crippen molar-refractivity contribution in [3.05, 3.63) is 30.0 Å². The van der Waals surface area contributed by atoms with Crippen molar-refractivity contribution in [3.8, 4) is 5.75 Å². The van der Waals surface area contributed by atoms with Gasteiger partial charge in [-0.15, -0.1) is 0 Å². The summed E-state index contributed by atoms with van der Waals surface area (Å²) in [4.78, 5) is 0. The maximum atomic E-state index is 5.85. The van der Waals surface area contributed by atoms with Crippen molar-refractivity contribution in [2.24, 2.45) is 0 Å². The number of hydrogen-bond donors (Lipinski definition) is 1. The summed E-state index contributed by atoms with van der Waals surface area (Å²) in [6, 6.07) is 7.99. The molecule has 1 aliphatic rings. The summed E-state index contributed by atoms with van der Waals surface area (Å²) in [6.07, 6.45) is 3.97. The van der Waals surface area contributed by atoms with Gasteiger partial charge in [0.2, 0.25) is 0 Å². The van der Waals surface area contributed by atoms with Gasteiger partial charge in [0.25, 0.3) is 0 Å². The molecular formula is C16H21NO3. The number of para-hydroxylation sites is 1. The first-order valence-electron chi connectivity index (χ1n) is 7.24. The number of methoxy groups -OCH3 is 1. The third kappa shape index (κ3) is 2.97. The zero-order valence-electron chi connectivity index (χ0n) is 11.9. The van der Waals surface area contributed by atoms with Crippen molar-refractivity contribution in [1.29, 1.82) is 0 Å². The molecule has 0 amide bonds. The van der Waals surface area contributed by atoms with Gasteiger partial charge in [-0.05, 0) is 31.4 Å². The van der Waals surface area contributed by atoms with Gasteiger partial charge in [0, 0.05) is 18.5 Å². The summed E-state index contributed by atoms with van der Waals surface area (Å²) in [5.74, 6) is 1.71. The van der Waals surface area contributed by atoms with Gasteiger partial charge in [0.1, 0.15) is 5.76 Å². The molecule has 1 unspecified atom stereocenters. The van der Waals surface area contributed by atoms with Crippen LogP contribution in [-0.2, 0) is 11.3 Å². The van der Waals surface area contributed by atoms with E-state index in [2.05, 4.69) is 11.4 Å². The molecular weight excluding hydrogens is 254 g/mol. The summed E-state index contributed by atoms with van der Waals surface area (Å²) in [6.45, 7) is 2.50. The topological polar surface area (TPSA) is 43.6 Å². The Balaban J connectivity index is 1.60. The second-order valence-electron chi connectivity index (χ2n) is 5.21. The Morgan fingerprint density at radius 1 is 1.35 bits per heavy atom. The van der Waals surface area contributed by atoms with Crippen LogP contribution in [0.1, 0.15) is 25.0 Å². The quantitative estimate of drug-likeness (QED) is 0.910. The highest BCUT2D eigenvalue weighted by atomic mass is 16.5. The van der Waals surface area contributed by atoms with E-state index >= 15 is 0 Å². The fourth-order valence-electron chi connectivity index (χ4n) is 2.66. The molecule has 1 saturated heterocycles. The lowest BCUT2D eigenvalue weighted by Gasteiger charge is -2.22. The van der Waals surface area contributed by atoms with Gasteiger partial charge in [-0.25, -0.2) is 0 Å². The Labute approximate surface area is 119 Å². The van der Waals surface area contributed by atoms with E-state index in [-0.39, 0.29) is 0 Å². The van der Waals surface area contributed by atoms with Crippen LogP contribution in [0.15, 0.2) is 28.7 Å². The van der Waals surface area contributed by atoms with Gasteiger partial charge in [0.05, 0.1) is 19.8 Å². The maximum Gasteiger partial charge on any atom is 0.176 e. The highest BCUT2D eigenvalue weighted by Crippen LogP contribution is 2.28. The Kier molecular flexibility index (Phi) is 4.23. The average molecular weight is 275 g/mol. The minimum absolute atomic E-state index is 0.350. The van der Waals surface area contributed by atoms with Crippen LogP contribution < -0.4 is 10.1 Å². The third-order valence-corrected chi connectivity index (χ3v) is 3.72. The molecule has 1 aliphatic heterocycles. The van der Waals surface area contributed by atoms with Crippen molar-refractivity contribution in [1.82, 2.24) is 5.32 Å². The molecule has 2 aromatic rings. The van der Waals surface area contributed by atoms with E-state index in [4.69, 9.17) is 13.9 Å². The van der Waals surface area contributed by atoms with Crippen molar-refractivity contribution >= 4 is 11.0 Å². The van der Waals surface area contributed by atoms with E-state index in [9.17, 15) is 0 Å². The van der Waals surface area contributed by atoms with Crippen LogP contribution in [0.5, 0.6) is 5.75 Å². The van der Waals surface area contributed by atoms with E-state index in [0.29, 0.717) is 6.10 Å². The number of nitrogens with one attached hydrogen (secondary N) is 1. The van der Waals surface area contributed by atoms with Gasteiger partial charge >= 0.3 is 0 Å². The Morgan fingerprint density at radius 2 is 2.30 bits per heavy atom. The molecule has 108 valence electrons. The molecule has 0 radical (unpaired) electrons. The molecule has 4 nitrogen and oxygen atoms in total. The normalized spacial score (nSPS) is 19.4. The maximum absolute atomic E-state index is 5.85. The van der Waals surface area contributed by atoms with E-state index in [1.165, 1.54) is 12.8 Å². The fourth-order valence-corrected chi connectivity index (χ4v) is 2.66. The SMILES string of the molecule is COc1cccc2cc(CNCC3CCCCO3)oc12. The van der Waals surface area contributed by atoms with Gasteiger partial charge in [0.15, 0.2) is 11.3 Å². The minimum atomic E-state index is 0.350. The predicted molar refractivity (Wildman–Crippen MR) is 78.1 cm³/mol. The first-order chi connectivity index (χ1) is 9.86. The molecule has 0 aliphatic carbocycles. The largest absolute Gasteiger partial charge is 0.493 e. The smallest absolute Gasteiger partial charge is 0.176 e. The lowest BCUT2D eigenvalue weighted by atomic mass is 10.1. The lowest BCUT2D eigenvalue weighted by Crippen LogP contribution is -2.31. The highest BCUT2D eigenvalue weighted by Gasteiger charge is 2.14. The number of furan rings is 1. The summed E-state index contributed by atoms with van der Waals surface area (Å²) in [5.41, 5.74) is 0.820. The Bertz CT molecular complexity index is 558. The Morgan fingerprint density at radius 3 is 3.10 bits per heavy atom. The first kappa shape index (κ1) is 13.5. The van der Waals surface area contributed by atoms with Gasteiger partial charge in [-0.2, -0.15) is 0 Å². The number of benzene rings is 1. The molecule has 1 aromatic heterocycles. The zero-order valence-corrected chi connectivity index (χ0v) is 11.9. The van der Waals surface area contributed by atoms with Gasteiger partial charge < -0.3 is 19.2 Å². The van der Waals surface area contributed by atoms with Crippen molar-refractivity contribution in [3.63, 3.8) is 0 Å². The molecule has 0 bridgehead atoms. The highest BCUT2D eigenvalue weighted by molar-refractivity contribution is 5.83. The number of rotatable bonds is 5. The molecule has 1 aromatic carbocycles. The van der Waals surface area contributed by atoms with E-state index < -0.39 is 0 Å². The molecule has 0 saturated carbocycles.